The van der Waals surface area contributed by atoms with Gasteiger partial charge in [0.05, 0.1) is 23.9 Å². The van der Waals surface area contributed by atoms with Crippen molar-refractivity contribution < 1.29 is 23.2 Å². The van der Waals surface area contributed by atoms with Gasteiger partial charge in [0.2, 0.25) is 0 Å². The summed E-state index contributed by atoms with van der Waals surface area (Å²) in [5, 5.41) is 21.9. The first kappa shape index (κ1) is 29.7. The lowest BCUT2D eigenvalue weighted by atomic mass is 9.95. The lowest BCUT2D eigenvalue weighted by molar-refractivity contribution is 0.0818. The van der Waals surface area contributed by atoms with E-state index in [0.717, 1.165) is 39.0 Å². The zero-order valence-electron chi connectivity index (χ0n) is 24.3. The molecule has 0 aliphatic heterocycles. The number of fused-ring (bicyclic) bond motifs is 1. The lowest BCUT2D eigenvalue weighted by Crippen LogP contribution is -2.13. The largest absolute Gasteiger partial charge is 0.485 e. The van der Waals surface area contributed by atoms with Gasteiger partial charge in [-0.05, 0) is 56.0 Å². The predicted octanol–water partition coefficient (Wildman–Crippen LogP) is 6.95. The third-order valence-corrected chi connectivity index (χ3v) is 8.82. The Hall–Kier alpha value is -3.81. The van der Waals surface area contributed by atoms with E-state index in [-0.39, 0.29) is 11.7 Å². The summed E-state index contributed by atoms with van der Waals surface area (Å²) in [7, 11) is -2.66. The Morgan fingerprint density at radius 1 is 1.00 bits per heavy atom. The number of aromatic nitrogens is 4. The van der Waals surface area contributed by atoms with Crippen LogP contribution in [-0.4, -0.2) is 51.0 Å². The van der Waals surface area contributed by atoms with E-state index in [4.69, 9.17) is 14.9 Å². The number of aliphatic hydroxyl groups excluding tert-OH is 1. The topological polar surface area (TPSA) is 82.2 Å². The van der Waals surface area contributed by atoms with Gasteiger partial charge in [-0.15, -0.1) is 0 Å². The van der Waals surface area contributed by atoms with Gasteiger partial charge in [-0.3, -0.25) is 4.68 Å². The Kier molecular flexibility index (Phi) is 8.35. The van der Waals surface area contributed by atoms with Crippen molar-refractivity contribution in [3.63, 3.8) is 0 Å². The first-order valence-corrected chi connectivity index (χ1v) is 16.4. The Bertz CT molecular complexity index is 1760. The molecule has 220 valence electrons. The van der Waals surface area contributed by atoms with E-state index in [9.17, 15) is 18.5 Å². The molecule has 0 saturated heterocycles. The predicted molar refractivity (Wildman–Crippen MR) is 163 cm³/mol. The molecular weight excluding hydrogens is 557 g/mol. The number of nitrogens with zero attached hydrogens (tertiary/aromatic N) is 4. The Morgan fingerprint density at radius 3 is 2.40 bits per heavy atom. The van der Waals surface area contributed by atoms with Crippen LogP contribution in [0.5, 0.6) is 5.75 Å². The third kappa shape index (κ3) is 6.03. The fourth-order valence-corrected chi connectivity index (χ4v) is 6.13. The number of alkyl halides is 2. The van der Waals surface area contributed by atoms with E-state index in [0.29, 0.717) is 17.5 Å². The van der Waals surface area contributed by atoms with Crippen LogP contribution < -0.4 is 10.0 Å². The zero-order valence-corrected chi connectivity index (χ0v) is 25.2. The van der Waals surface area contributed by atoms with Crippen LogP contribution in [0, 0.1) is 6.92 Å². The molecule has 1 N–H and O–H groups in total. The highest BCUT2D eigenvalue weighted by molar-refractivity contribution is 7.70. The molecule has 0 bridgehead atoms. The molecule has 1 unspecified atom stereocenters. The standard InChI is InChI=1S/C32H35F2N4O3P/c1-20(2)31-21(3)38(27-15-14-23(42(4,5)40)16-29(27)41-19-30(33)34)36-32(31)24-12-9-13-26-25(24)17-37(35-26)18-28(39)22-10-7-6-8-11-22/h6-17,20,28,30,39H,18-19H2,1-5H3. The van der Waals surface area contributed by atoms with Crippen LogP contribution in [0.15, 0.2) is 72.9 Å². The Labute approximate surface area is 244 Å². The molecule has 5 rings (SSSR count). The van der Waals surface area contributed by atoms with Gasteiger partial charge in [0.1, 0.15) is 25.2 Å². The summed E-state index contributed by atoms with van der Waals surface area (Å²) < 4.78 is 48.1. The second kappa shape index (κ2) is 11.8. The summed E-state index contributed by atoms with van der Waals surface area (Å²) in [6.07, 6.45) is -1.46. The van der Waals surface area contributed by atoms with Crippen LogP contribution >= 0.6 is 7.14 Å². The average Bonchev–Trinajstić information content (AvgIpc) is 3.51. The van der Waals surface area contributed by atoms with Crippen molar-refractivity contribution in [2.24, 2.45) is 0 Å². The second-order valence-corrected chi connectivity index (χ2v) is 14.4. The maximum absolute atomic E-state index is 13.2. The highest BCUT2D eigenvalue weighted by atomic mass is 31.2. The third-order valence-electron chi connectivity index (χ3n) is 7.30. The highest BCUT2D eigenvalue weighted by Gasteiger charge is 2.25. The van der Waals surface area contributed by atoms with Crippen molar-refractivity contribution in [3.8, 4) is 22.7 Å². The van der Waals surface area contributed by atoms with Gasteiger partial charge in [0.25, 0.3) is 6.43 Å². The summed E-state index contributed by atoms with van der Waals surface area (Å²) >= 11 is 0. The van der Waals surface area contributed by atoms with Crippen LogP contribution in [0.2, 0.25) is 0 Å². The number of aliphatic hydroxyl groups is 1. The second-order valence-electron chi connectivity index (χ2n) is 11.1. The van der Waals surface area contributed by atoms with Gasteiger partial charge in [-0.2, -0.15) is 10.2 Å². The Balaban J connectivity index is 1.61. The molecule has 7 nitrogen and oxygen atoms in total. The van der Waals surface area contributed by atoms with Gasteiger partial charge in [0.15, 0.2) is 0 Å². The average molecular weight is 593 g/mol. The normalized spacial score (nSPS) is 12.9. The van der Waals surface area contributed by atoms with E-state index < -0.39 is 26.3 Å². The number of hydrogen-bond donors (Lipinski definition) is 1. The van der Waals surface area contributed by atoms with Crippen LogP contribution in [0.1, 0.15) is 42.7 Å². The summed E-state index contributed by atoms with van der Waals surface area (Å²) in [5.74, 6) is 0.292. The van der Waals surface area contributed by atoms with Crippen molar-refractivity contribution in [1.82, 2.24) is 19.6 Å². The van der Waals surface area contributed by atoms with Crippen LogP contribution in [0.3, 0.4) is 0 Å². The van der Waals surface area contributed by atoms with E-state index in [1.54, 1.807) is 40.9 Å². The number of halogens is 2. The minimum absolute atomic E-state index is 0.0927. The molecule has 0 saturated carbocycles. The van der Waals surface area contributed by atoms with Crippen molar-refractivity contribution in [3.05, 3.63) is 89.7 Å². The first-order valence-electron chi connectivity index (χ1n) is 13.8. The van der Waals surface area contributed by atoms with E-state index in [1.165, 1.54) is 0 Å². The van der Waals surface area contributed by atoms with Crippen molar-refractivity contribution in [2.45, 2.75) is 45.8 Å². The molecule has 42 heavy (non-hydrogen) atoms. The number of ether oxygens (including phenoxy) is 1. The number of hydrogen-bond acceptors (Lipinski definition) is 5. The first-order chi connectivity index (χ1) is 19.9. The van der Waals surface area contributed by atoms with Crippen molar-refractivity contribution in [2.75, 3.05) is 19.9 Å². The van der Waals surface area contributed by atoms with E-state index in [2.05, 4.69) is 13.8 Å². The SMILES string of the molecule is Cc1c(C(C)C)c(-c2cccc3nn(CC(O)c4ccccc4)cc23)nn1-c1ccc(P(C)(C)=O)cc1OCC(F)F. The van der Waals surface area contributed by atoms with Crippen LogP contribution in [-0.2, 0) is 11.1 Å². The molecule has 1 atom stereocenters. The summed E-state index contributed by atoms with van der Waals surface area (Å²) in [6, 6.07) is 20.3. The minimum Gasteiger partial charge on any atom is -0.485 e. The summed E-state index contributed by atoms with van der Waals surface area (Å²) in [6.45, 7) is 8.88. The molecule has 0 radical (unpaired) electrons. The fraction of sp³-hybridized carbons (Fsp3) is 0.312. The smallest absolute Gasteiger partial charge is 0.272 e. The fourth-order valence-electron chi connectivity index (χ4n) is 5.27. The molecule has 0 fully saturated rings. The molecule has 2 aromatic heterocycles. The monoisotopic (exact) mass is 592 g/mol. The molecule has 5 aromatic rings. The van der Waals surface area contributed by atoms with Crippen molar-refractivity contribution >= 4 is 23.3 Å². The quantitative estimate of drug-likeness (QED) is 0.178. The molecule has 0 aliphatic carbocycles. The van der Waals surface area contributed by atoms with Gasteiger partial charge in [-0.25, -0.2) is 13.5 Å². The lowest BCUT2D eigenvalue weighted by Gasteiger charge is -2.16. The summed E-state index contributed by atoms with van der Waals surface area (Å²) in [4.78, 5) is 0. The van der Waals surface area contributed by atoms with Crippen LogP contribution in [0.25, 0.3) is 27.8 Å². The van der Waals surface area contributed by atoms with E-state index in [1.807, 2.05) is 61.7 Å². The van der Waals surface area contributed by atoms with E-state index >= 15 is 0 Å². The maximum Gasteiger partial charge on any atom is 0.272 e. The van der Waals surface area contributed by atoms with Crippen molar-refractivity contribution in [1.29, 1.82) is 0 Å². The summed E-state index contributed by atoms with van der Waals surface area (Å²) in [5.41, 5.74) is 5.53. The van der Waals surface area contributed by atoms with Crippen LogP contribution in [0.4, 0.5) is 8.78 Å². The van der Waals surface area contributed by atoms with Gasteiger partial charge in [0, 0.05) is 33.7 Å². The molecule has 0 amide bonds. The maximum atomic E-state index is 13.2. The molecule has 10 heteroatoms. The molecule has 0 aliphatic rings. The van der Waals surface area contributed by atoms with Gasteiger partial charge in [-0.1, -0.05) is 56.3 Å². The molecule has 2 heterocycles. The molecule has 0 spiro atoms. The van der Waals surface area contributed by atoms with Gasteiger partial charge < -0.3 is 14.4 Å². The zero-order chi connectivity index (χ0) is 30.2. The number of rotatable bonds is 10. The minimum atomic E-state index is -2.66. The highest BCUT2D eigenvalue weighted by Crippen LogP contribution is 2.40. The number of benzene rings is 3. The molecular formula is C32H35F2N4O3P. The van der Waals surface area contributed by atoms with Gasteiger partial charge >= 0.3 is 0 Å². The molecule has 3 aromatic carbocycles. The Morgan fingerprint density at radius 2 is 1.74 bits per heavy atom.